The van der Waals surface area contributed by atoms with Crippen LogP contribution in [0.5, 0.6) is 11.9 Å². The molecule has 2 aliphatic heterocycles. The highest BCUT2D eigenvalue weighted by Crippen LogP contribution is 2.56. The molecule has 4 aromatic rings. The Labute approximate surface area is 245 Å². The zero-order chi connectivity index (χ0) is 28.6. The average molecular weight is 591 g/mol. The van der Waals surface area contributed by atoms with Gasteiger partial charge in [0.25, 0.3) is 11.8 Å². The number of amides is 2. The third-order valence-corrected chi connectivity index (χ3v) is 8.61. The van der Waals surface area contributed by atoms with Gasteiger partial charge in [0.1, 0.15) is 5.82 Å². The number of benzene rings is 2. The van der Waals surface area contributed by atoms with Crippen molar-refractivity contribution in [2.45, 2.75) is 37.8 Å². The molecule has 0 unspecified atom stereocenters. The minimum atomic E-state index is -1.57. The molecule has 4 heterocycles. The predicted molar refractivity (Wildman–Crippen MR) is 153 cm³/mol. The molecule has 10 nitrogen and oxygen atoms in total. The molecule has 12 heteroatoms. The largest absolute Gasteiger partial charge is 0.480 e. The van der Waals surface area contributed by atoms with E-state index >= 15 is 0 Å². The Morgan fingerprint density at radius 1 is 1.02 bits per heavy atom. The number of nitrogens with one attached hydrogen (secondary N) is 1. The molecule has 0 saturated heterocycles. The Morgan fingerprint density at radius 3 is 2.49 bits per heavy atom. The van der Waals surface area contributed by atoms with Crippen LogP contribution < -0.4 is 19.7 Å². The number of hydrogen-bond donors (Lipinski definition) is 1. The predicted octanol–water partition coefficient (Wildman–Crippen LogP) is 5.55. The van der Waals surface area contributed by atoms with E-state index in [0.29, 0.717) is 44.1 Å². The highest BCUT2D eigenvalue weighted by molar-refractivity contribution is 6.32. The van der Waals surface area contributed by atoms with E-state index in [1.807, 2.05) is 17.6 Å². The van der Waals surface area contributed by atoms with Crippen molar-refractivity contribution in [1.29, 1.82) is 0 Å². The smallest absolute Gasteiger partial charge is 0.319 e. The first-order valence-corrected chi connectivity index (χ1v) is 13.9. The SMILES string of the molecule is COc1ncc(-c2nc3c(n2C2CCC2)[C@]2(C(=O)Nc4cc(Cl)ccc42)N(c2cc(Cl)ccc2C)C3=O)c(OC)n1. The Morgan fingerprint density at radius 2 is 1.78 bits per heavy atom. The summed E-state index contributed by atoms with van der Waals surface area (Å²) < 4.78 is 12.8. The van der Waals surface area contributed by atoms with E-state index in [9.17, 15) is 9.59 Å². The van der Waals surface area contributed by atoms with Gasteiger partial charge in [-0.3, -0.25) is 14.5 Å². The van der Waals surface area contributed by atoms with Crippen LogP contribution in [-0.2, 0) is 10.3 Å². The monoisotopic (exact) mass is 590 g/mol. The first kappa shape index (κ1) is 25.8. The van der Waals surface area contributed by atoms with Gasteiger partial charge in [-0.2, -0.15) is 4.98 Å². The van der Waals surface area contributed by atoms with Crippen LogP contribution in [0, 0.1) is 6.92 Å². The number of nitrogens with zero attached hydrogens (tertiary/aromatic N) is 5. The van der Waals surface area contributed by atoms with Crippen LogP contribution in [0.15, 0.2) is 42.6 Å². The fraction of sp³-hybridized carbons (Fsp3) is 0.276. The maximum atomic E-state index is 14.5. The lowest BCUT2D eigenvalue weighted by atomic mass is 9.85. The fourth-order valence-electron chi connectivity index (χ4n) is 6.08. The van der Waals surface area contributed by atoms with Gasteiger partial charge < -0.3 is 19.4 Å². The summed E-state index contributed by atoms with van der Waals surface area (Å²) in [6, 6.07) is 10.6. The maximum Gasteiger partial charge on any atom is 0.319 e. The van der Waals surface area contributed by atoms with Crippen LogP contribution >= 0.6 is 23.2 Å². The molecule has 0 bridgehead atoms. The Balaban J connectivity index is 1.58. The third-order valence-electron chi connectivity index (χ3n) is 8.14. The molecule has 2 aromatic carbocycles. The highest BCUT2D eigenvalue weighted by atomic mass is 35.5. The number of ether oxygens (including phenoxy) is 2. The Kier molecular flexibility index (Phi) is 5.78. The molecule has 7 rings (SSSR count). The summed E-state index contributed by atoms with van der Waals surface area (Å²) in [7, 11) is 2.96. The summed E-state index contributed by atoms with van der Waals surface area (Å²) in [6.45, 7) is 1.88. The molecule has 41 heavy (non-hydrogen) atoms. The molecule has 1 atom stereocenters. The lowest BCUT2D eigenvalue weighted by Gasteiger charge is -2.38. The van der Waals surface area contributed by atoms with Crippen LogP contribution in [0.3, 0.4) is 0 Å². The Bertz CT molecular complexity index is 1790. The summed E-state index contributed by atoms with van der Waals surface area (Å²) in [6.07, 6.45) is 4.27. The first-order valence-electron chi connectivity index (χ1n) is 13.1. The van der Waals surface area contributed by atoms with Gasteiger partial charge in [-0.15, -0.1) is 0 Å². The van der Waals surface area contributed by atoms with Crippen LogP contribution in [0.4, 0.5) is 11.4 Å². The molecule has 0 radical (unpaired) electrons. The first-order chi connectivity index (χ1) is 19.8. The highest BCUT2D eigenvalue weighted by Gasteiger charge is 2.64. The van der Waals surface area contributed by atoms with Gasteiger partial charge in [0, 0.05) is 33.5 Å². The number of anilines is 2. The number of rotatable bonds is 5. The lowest BCUT2D eigenvalue weighted by molar-refractivity contribution is -0.119. The standard InChI is InChI=1S/C29H24Cl2N6O4/c1-14-7-8-16(31)12-21(14)37-26(38)22-23(29(37)19-10-9-15(30)11-20(19)33-27(29)39)36(17-5-4-6-17)24(34-22)18-13-32-28(41-3)35-25(18)40-2/h7-13,17H,4-6H2,1-3H3,(H,33,39)/t29-/m1/s1. The summed E-state index contributed by atoms with van der Waals surface area (Å²) >= 11 is 12.8. The van der Waals surface area contributed by atoms with Gasteiger partial charge in [0.2, 0.25) is 5.88 Å². The number of aromatic nitrogens is 4. The molecule has 1 saturated carbocycles. The van der Waals surface area contributed by atoms with E-state index in [4.69, 9.17) is 37.7 Å². The fourth-order valence-corrected chi connectivity index (χ4v) is 6.42. The van der Waals surface area contributed by atoms with Crippen molar-refractivity contribution < 1.29 is 19.1 Å². The van der Waals surface area contributed by atoms with E-state index < -0.39 is 11.4 Å². The van der Waals surface area contributed by atoms with Crippen molar-refractivity contribution in [1.82, 2.24) is 19.5 Å². The zero-order valence-corrected chi connectivity index (χ0v) is 23.9. The van der Waals surface area contributed by atoms with E-state index in [-0.39, 0.29) is 29.5 Å². The minimum absolute atomic E-state index is 0.0118. The molecular formula is C29H24Cl2N6O4. The molecule has 1 fully saturated rings. The van der Waals surface area contributed by atoms with Crippen LogP contribution in [-0.4, -0.2) is 45.6 Å². The van der Waals surface area contributed by atoms with Crippen LogP contribution in [0.2, 0.25) is 10.0 Å². The molecule has 3 aliphatic rings. The van der Waals surface area contributed by atoms with E-state index in [2.05, 4.69) is 15.3 Å². The third kappa shape index (κ3) is 3.47. The van der Waals surface area contributed by atoms with Crippen LogP contribution in [0.25, 0.3) is 11.4 Å². The van der Waals surface area contributed by atoms with Gasteiger partial charge in [0.15, 0.2) is 11.2 Å². The summed E-state index contributed by atoms with van der Waals surface area (Å²) in [5.74, 6) is -0.111. The normalized spacial score (nSPS) is 19.3. The van der Waals surface area contributed by atoms with Crippen molar-refractivity contribution in [3.63, 3.8) is 0 Å². The molecule has 1 N–H and O–H groups in total. The molecule has 2 aromatic heterocycles. The van der Waals surface area contributed by atoms with Crippen molar-refractivity contribution in [3.05, 3.63) is 75.2 Å². The molecule has 208 valence electrons. The van der Waals surface area contributed by atoms with Crippen molar-refractivity contribution >= 4 is 46.4 Å². The summed E-state index contributed by atoms with van der Waals surface area (Å²) in [4.78, 5) is 44.0. The average Bonchev–Trinajstić information content (AvgIpc) is 3.52. The minimum Gasteiger partial charge on any atom is -0.480 e. The second-order valence-electron chi connectivity index (χ2n) is 10.3. The summed E-state index contributed by atoms with van der Waals surface area (Å²) in [5.41, 5.74) is 2.00. The van der Waals surface area contributed by atoms with E-state index in [0.717, 1.165) is 24.8 Å². The van der Waals surface area contributed by atoms with Crippen molar-refractivity contribution in [2.24, 2.45) is 0 Å². The van der Waals surface area contributed by atoms with Crippen LogP contribution in [0.1, 0.15) is 52.6 Å². The Hall–Kier alpha value is -4.15. The van der Waals surface area contributed by atoms with E-state index in [1.165, 1.54) is 19.1 Å². The summed E-state index contributed by atoms with van der Waals surface area (Å²) in [5, 5.41) is 3.90. The topological polar surface area (TPSA) is 111 Å². The number of hydrogen-bond acceptors (Lipinski definition) is 7. The number of carbonyl (C=O) groups excluding carboxylic acids is 2. The lowest BCUT2D eigenvalue weighted by Crippen LogP contribution is -2.51. The molecule has 2 amide bonds. The van der Waals surface area contributed by atoms with Gasteiger partial charge in [-0.25, -0.2) is 9.97 Å². The number of halogens is 2. The van der Waals surface area contributed by atoms with Gasteiger partial charge >= 0.3 is 6.01 Å². The number of imidazole rings is 1. The molecule has 1 aliphatic carbocycles. The number of fused-ring (bicyclic) bond motifs is 4. The number of aryl methyl sites for hydroxylation is 1. The van der Waals surface area contributed by atoms with Crippen molar-refractivity contribution in [2.75, 3.05) is 24.4 Å². The maximum absolute atomic E-state index is 14.5. The second kappa shape index (κ2) is 9.19. The second-order valence-corrected chi connectivity index (χ2v) is 11.2. The molecular weight excluding hydrogens is 567 g/mol. The molecule has 1 spiro atoms. The van der Waals surface area contributed by atoms with Gasteiger partial charge in [-0.05, 0) is 56.0 Å². The quantitative estimate of drug-likeness (QED) is 0.324. The number of methoxy groups -OCH3 is 2. The van der Waals surface area contributed by atoms with Crippen molar-refractivity contribution in [3.8, 4) is 23.3 Å². The van der Waals surface area contributed by atoms with Gasteiger partial charge in [-0.1, -0.05) is 35.3 Å². The number of carbonyl (C=O) groups is 2. The van der Waals surface area contributed by atoms with E-state index in [1.54, 1.807) is 36.5 Å². The van der Waals surface area contributed by atoms with Gasteiger partial charge in [0.05, 0.1) is 31.2 Å². The zero-order valence-electron chi connectivity index (χ0n) is 22.4.